The van der Waals surface area contributed by atoms with Crippen molar-refractivity contribution in [2.45, 2.75) is 50.9 Å². The molecule has 2 amide bonds. The molecule has 136 valence electrons. The zero-order valence-corrected chi connectivity index (χ0v) is 13.9. The van der Waals surface area contributed by atoms with Crippen LogP contribution >= 0.6 is 0 Å². The fourth-order valence-corrected chi connectivity index (χ4v) is 3.36. The number of carbonyl (C=O) groups excluding carboxylic acids is 1. The number of anilines is 1. The molecular formula is C15H23F3N4O2. The standard InChI is InChI=1S/C15H23F3N4O2/c1-3-5-14(11-24-2)6-4-7-22(14)13(23)20-12-8-19-21(9-12)10-15(16,17)18/h8-9H,3-7,10-11H2,1-2H3,(H,20,23). The summed E-state index contributed by atoms with van der Waals surface area (Å²) in [5.41, 5.74) is -0.103. The van der Waals surface area contributed by atoms with Gasteiger partial charge in [0.15, 0.2) is 0 Å². The summed E-state index contributed by atoms with van der Waals surface area (Å²) in [5.74, 6) is 0. The van der Waals surface area contributed by atoms with Gasteiger partial charge in [0.25, 0.3) is 0 Å². The molecule has 1 aliphatic heterocycles. The molecule has 0 radical (unpaired) electrons. The predicted molar refractivity (Wildman–Crippen MR) is 82.8 cm³/mol. The Morgan fingerprint density at radius 3 is 2.88 bits per heavy atom. The molecule has 1 N–H and O–H groups in total. The molecule has 24 heavy (non-hydrogen) atoms. The summed E-state index contributed by atoms with van der Waals surface area (Å²) >= 11 is 0. The third-order valence-corrected chi connectivity index (χ3v) is 4.20. The highest BCUT2D eigenvalue weighted by molar-refractivity contribution is 5.89. The van der Waals surface area contributed by atoms with Crippen molar-refractivity contribution in [2.24, 2.45) is 0 Å². The second-order valence-electron chi connectivity index (χ2n) is 6.13. The van der Waals surface area contributed by atoms with Crippen LogP contribution in [0.25, 0.3) is 0 Å². The van der Waals surface area contributed by atoms with Crippen molar-refractivity contribution in [3.63, 3.8) is 0 Å². The average Bonchev–Trinajstić information content (AvgIpc) is 3.05. The number of nitrogens with zero attached hydrogens (tertiary/aromatic N) is 3. The van der Waals surface area contributed by atoms with E-state index in [1.54, 1.807) is 12.0 Å². The number of aromatic nitrogens is 2. The molecule has 1 aromatic rings. The van der Waals surface area contributed by atoms with Crippen molar-refractivity contribution < 1.29 is 22.7 Å². The van der Waals surface area contributed by atoms with Gasteiger partial charge in [-0.05, 0) is 19.3 Å². The van der Waals surface area contributed by atoms with Gasteiger partial charge >= 0.3 is 12.2 Å². The Kier molecular flexibility index (Phi) is 5.74. The van der Waals surface area contributed by atoms with Gasteiger partial charge in [0.05, 0.1) is 24.0 Å². The first-order valence-electron chi connectivity index (χ1n) is 7.96. The minimum atomic E-state index is -4.35. The number of halogens is 3. The van der Waals surface area contributed by atoms with E-state index >= 15 is 0 Å². The first-order valence-corrected chi connectivity index (χ1v) is 7.96. The summed E-state index contributed by atoms with van der Waals surface area (Å²) in [6, 6.07) is -0.329. The van der Waals surface area contributed by atoms with Gasteiger partial charge in [0, 0.05) is 19.9 Å². The van der Waals surface area contributed by atoms with Gasteiger partial charge in [-0.1, -0.05) is 13.3 Å². The van der Waals surface area contributed by atoms with Crippen LogP contribution in [0.2, 0.25) is 0 Å². The summed E-state index contributed by atoms with van der Waals surface area (Å²) in [6.07, 6.45) is 1.52. The smallest absolute Gasteiger partial charge is 0.382 e. The predicted octanol–water partition coefficient (Wildman–Crippen LogP) is 3.26. The minimum Gasteiger partial charge on any atom is -0.382 e. The van der Waals surface area contributed by atoms with Gasteiger partial charge in [-0.3, -0.25) is 4.68 Å². The van der Waals surface area contributed by atoms with Gasteiger partial charge in [0.2, 0.25) is 0 Å². The van der Waals surface area contributed by atoms with Crippen molar-refractivity contribution in [1.29, 1.82) is 0 Å². The van der Waals surface area contributed by atoms with Crippen molar-refractivity contribution in [3.05, 3.63) is 12.4 Å². The zero-order chi connectivity index (χ0) is 17.8. The van der Waals surface area contributed by atoms with Gasteiger partial charge in [0.1, 0.15) is 6.54 Å². The van der Waals surface area contributed by atoms with E-state index in [1.807, 2.05) is 6.92 Å². The van der Waals surface area contributed by atoms with Crippen LogP contribution in [0.4, 0.5) is 23.7 Å². The first kappa shape index (κ1) is 18.6. The van der Waals surface area contributed by atoms with Crippen LogP contribution in [0.3, 0.4) is 0 Å². The van der Waals surface area contributed by atoms with Crippen LogP contribution in [0.15, 0.2) is 12.4 Å². The second-order valence-corrected chi connectivity index (χ2v) is 6.13. The first-order chi connectivity index (χ1) is 11.3. The second kappa shape index (κ2) is 7.42. The van der Waals surface area contributed by atoms with E-state index in [0.29, 0.717) is 13.2 Å². The number of likely N-dealkylation sites (tertiary alicyclic amines) is 1. The van der Waals surface area contributed by atoms with Gasteiger partial charge < -0.3 is 15.0 Å². The number of methoxy groups -OCH3 is 1. The maximum Gasteiger partial charge on any atom is 0.408 e. The largest absolute Gasteiger partial charge is 0.408 e. The van der Waals surface area contributed by atoms with E-state index in [4.69, 9.17) is 4.74 Å². The maximum absolute atomic E-state index is 12.6. The Labute approximate surface area is 138 Å². The van der Waals surface area contributed by atoms with Gasteiger partial charge in [-0.15, -0.1) is 0 Å². The number of hydrogen-bond acceptors (Lipinski definition) is 3. The molecule has 1 aliphatic rings. The Hall–Kier alpha value is -1.77. The number of amides is 2. The summed E-state index contributed by atoms with van der Waals surface area (Å²) in [6.45, 7) is 1.91. The zero-order valence-electron chi connectivity index (χ0n) is 13.9. The van der Waals surface area contributed by atoms with Crippen LogP contribution in [0.1, 0.15) is 32.6 Å². The van der Waals surface area contributed by atoms with E-state index in [2.05, 4.69) is 10.4 Å². The Bertz CT molecular complexity index is 553. The number of ether oxygens (including phenoxy) is 1. The Balaban J connectivity index is 2.05. The van der Waals surface area contributed by atoms with Crippen LogP contribution in [-0.2, 0) is 11.3 Å². The van der Waals surface area contributed by atoms with Crippen molar-refractivity contribution in [2.75, 3.05) is 25.6 Å². The summed E-state index contributed by atoms with van der Waals surface area (Å²) < 4.78 is 43.1. The van der Waals surface area contributed by atoms with E-state index < -0.39 is 12.7 Å². The fourth-order valence-electron chi connectivity index (χ4n) is 3.36. The highest BCUT2D eigenvalue weighted by atomic mass is 19.4. The SMILES string of the molecule is CCCC1(COC)CCCN1C(=O)Nc1cnn(CC(F)(F)F)c1. The molecule has 1 saturated heterocycles. The number of urea groups is 1. The Morgan fingerprint density at radius 2 is 2.25 bits per heavy atom. The highest BCUT2D eigenvalue weighted by Crippen LogP contribution is 2.34. The van der Waals surface area contributed by atoms with Gasteiger partial charge in [-0.25, -0.2) is 4.79 Å². The van der Waals surface area contributed by atoms with Crippen LogP contribution in [0.5, 0.6) is 0 Å². The lowest BCUT2D eigenvalue weighted by Gasteiger charge is -2.38. The quantitative estimate of drug-likeness (QED) is 0.858. The molecule has 6 nitrogen and oxygen atoms in total. The minimum absolute atomic E-state index is 0.249. The number of rotatable bonds is 6. The molecule has 1 fully saturated rings. The van der Waals surface area contributed by atoms with Crippen LogP contribution in [0, 0.1) is 0 Å². The maximum atomic E-state index is 12.6. The Morgan fingerprint density at radius 1 is 1.50 bits per heavy atom. The normalized spacial score (nSPS) is 21.3. The van der Waals surface area contributed by atoms with Crippen molar-refractivity contribution in [3.8, 4) is 0 Å². The van der Waals surface area contributed by atoms with Crippen LogP contribution in [-0.4, -0.2) is 52.7 Å². The molecule has 0 spiro atoms. The molecule has 0 aromatic carbocycles. The monoisotopic (exact) mass is 348 g/mol. The lowest BCUT2D eigenvalue weighted by Crippen LogP contribution is -2.51. The topological polar surface area (TPSA) is 59.4 Å². The summed E-state index contributed by atoms with van der Waals surface area (Å²) in [4.78, 5) is 14.3. The molecular weight excluding hydrogens is 325 g/mol. The number of nitrogens with one attached hydrogen (secondary N) is 1. The molecule has 0 aliphatic carbocycles. The third kappa shape index (κ3) is 4.40. The van der Waals surface area contributed by atoms with E-state index in [1.165, 1.54) is 12.4 Å². The molecule has 9 heteroatoms. The van der Waals surface area contributed by atoms with E-state index in [-0.39, 0.29) is 17.3 Å². The highest BCUT2D eigenvalue weighted by Gasteiger charge is 2.43. The lowest BCUT2D eigenvalue weighted by atomic mass is 9.91. The molecule has 0 saturated carbocycles. The fraction of sp³-hybridized carbons (Fsp3) is 0.733. The molecule has 0 bridgehead atoms. The van der Waals surface area contributed by atoms with E-state index in [9.17, 15) is 18.0 Å². The average molecular weight is 348 g/mol. The summed E-state index contributed by atoms with van der Waals surface area (Å²) in [7, 11) is 1.60. The third-order valence-electron chi connectivity index (χ3n) is 4.20. The molecule has 1 aromatic heterocycles. The molecule has 2 rings (SSSR count). The number of hydrogen-bond donors (Lipinski definition) is 1. The number of alkyl halides is 3. The lowest BCUT2D eigenvalue weighted by molar-refractivity contribution is -0.142. The summed E-state index contributed by atoms with van der Waals surface area (Å²) in [5, 5.41) is 6.27. The van der Waals surface area contributed by atoms with Gasteiger partial charge in [-0.2, -0.15) is 18.3 Å². The molecule has 1 atom stereocenters. The van der Waals surface area contributed by atoms with Crippen LogP contribution < -0.4 is 5.32 Å². The molecule has 2 heterocycles. The number of carbonyl (C=O) groups is 1. The van der Waals surface area contributed by atoms with E-state index in [0.717, 1.165) is 30.4 Å². The van der Waals surface area contributed by atoms with Crippen molar-refractivity contribution in [1.82, 2.24) is 14.7 Å². The molecule has 1 unspecified atom stereocenters. The van der Waals surface area contributed by atoms with Crippen molar-refractivity contribution >= 4 is 11.7 Å².